The molecular formula is C9H22N2O. The van der Waals surface area contributed by atoms with Crippen molar-refractivity contribution < 1.29 is 4.74 Å². The Labute approximate surface area is 75.9 Å². The third-order valence-corrected chi connectivity index (χ3v) is 1.79. The van der Waals surface area contributed by atoms with Crippen molar-refractivity contribution in [3.63, 3.8) is 0 Å². The Morgan fingerprint density at radius 3 is 2.58 bits per heavy atom. The molecule has 0 aliphatic carbocycles. The summed E-state index contributed by atoms with van der Waals surface area (Å²) < 4.78 is 5.24. The summed E-state index contributed by atoms with van der Waals surface area (Å²) >= 11 is 0. The maximum absolute atomic E-state index is 5.64. The van der Waals surface area contributed by atoms with Gasteiger partial charge in [0.2, 0.25) is 0 Å². The van der Waals surface area contributed by atoms with E-state index >= 15 is 0 Å². The lowest BCUT2D eigenvalue weighted by Crippen LogP contribution is -2.28. The first kappa shape index (κ1) is 11.9. The third-order valence-electron chi connectivity index (χ3n) is 1.79. The number of likely N-dealkylation sites (N-methyl/N-ethyl adjacent to an activating group) is 1. The molecule has 0 fully saturated rings. The van der Waals surface area contributed by atoms with Gasteiger partial charge in [0, 0.05) is 19.2 Å². The lowest BCUT2D eigenvalue weighted by molar-refractivity contribution is 0.121. The Bertz CT molecular complexity index is 96.5. The lowest BCUT2D eigenvalue weighted by atomic mass is 10.2. The van der Waals surface area contributed by atoms with E-state index in [1.54, 1.807) is 0 Å². The van der Waals surface area contributed by atoms with Crippen molar-refractivity contribution >= 4 is 0 Å². The van der Waals surface area contributed by atoms with Gasteiger partial charge in [-0.05, 0) is 33.9 Å². The Balaban J connectivity index is 3.15. The van der Waals surface area contributed by atoms with E-state index in [9.17, 15) is 0 Å². The molecule has 0 rings (SSSR count). The van der Waals surface area contributed by atoms with Crippen molar-refractivity contribution in [2.24, 2.45) is 5.73 Å². The second-order valence-corrected chi connectivity index (χ2v) is 3.27. The summed E-state index contributed by atoms with van der Waals surface area (Å²) in [6.07, 6.45) is 1.06. The average Bonchev–Trinajstić information content (AvgIpc) is 2.01. The number of rotatable bonds is 7. The van der Waals surface area contributed by atoms with Crippen molar-refractivity contribution in [3.8, 4) is 0 Å². The molecule has 2 N–H and O–H groups in total. The first-order valence-corrected chi connectivity index (χ1v) is 4.68. The van der Waals surface area contributed by atoms with Gasteiger partial charge in [-0.15, -0.1) is 0 Å². The molecule has 0 aliphatic heterocycles. The summed E-state index contributed by atoms with van der Waals surface area (Å²) in [4.78, 5) is 2.25. The quantitative estimate of drug-likeness (QED) is 0.577. The summed E-state index contributed by atoms with van der Waals surface area (Å²) in [6.45, 7) is 7.75. The largest absolute Gasteiger partial charge is 0.380 e. The van der Waals surface area contributed by atoms with Crippen molar-refractivity contribution in [2.75, 3.05) is 33.4 Å². The van der Waals surface area contributed by atoms with Gasteiger partial charge in [0.05, 0.1) is 6.61 Å². The first-order chi connectivity index (χ1) is 5.66. The van der Waals surface area contributed by atoms with Gasteiger partial charge >= 0.3 is 0 Å². The van der Waals surface area contributed by atoms with E-state index in [2.05, 4.69) is 11.9 Å². The molecule has 1 unspecified atom stereocenters. The van der Waals surface area contributed by atoms with Crippen molar-refractivity contribution in [1.82, 2.24) is 4.90 Å². The fourth-order valence-electron chi connectivity index (χ4n) is 0.901. The molecule has 0 saturated heterocycles. The number of nitrogens with two attached hydrogens (primary N) is 1. The molecule has 0 aromatic rings. The summed E-state index contributed by atoms with van der Waals surface area (Å²) in [5.74, 6) is 0. The Kier molecular flexibility index (Phi) is 7.45. The minimum absolute atomic E-state index is 0.305. The molecule has 0 spiro atoms. The minimum atomic E-state index is 0.305. The fraction of sp³-hybridized carbons (Fsp3) is 1.00. The van der Waals surface area contributed by atoms with Gasteiger partial charge in [-0.2, -0.15) is 0 Å². The molecule has 0 aromatic heterocycles. The van der Waals surface area contributed by atoms with Gasteiger partial charge in [-0.3, -0.25) is 0 Å². The zero-order valence-corrected chi connectivity index (χ0v) is 8.55. The molecule has 0 aliphatic rings. The van der Waals surface area contributed by atoms with Crippen LogP contribution in [0.1, 0.15) is 20.3 Å². The number of hydrogen-bond acceptors (Lipinski definition) is 3. The topological polar surface area (TPSA) is 38.5 Å². The fourth-order valence-corrected chi connectivity index (χ4v) is 0.901. The van der Waals surface area contributed by atoms with E-state index < -0.39 is 0 Å². The molecule has 0 bridgehead atoms. The van der Waals surface area contributed by atoms with Crippen LogP contribution in [0, 0.1) is 0 Å². The Hall–Kier alpha value is -0.120. The van der Waals surface area contributed by atoms with Crippen LogP contribution in [0.25, 0.3) is 0 Å². The second-order valence-electron chi connectivity index (χ2n) is 3.27. The highest BCUT2D eigenvalue weighted by atomic mass is 16.5. The standard InChI is InChI=1S/C9H22N2O/c1-4-12-8-7-11(3)6-5-9(2)10/h9H,4-8,10H2,1-3H3. The molecule has 0 amide bonds. The van der Waals surface area contributed by atoms with E-state index in [-0.39, 0.29) is 0 Å². The van der Waals surface area contributed by atoms with Crippen LogP contribution in [0.2, 0.25) is 0 Å². The Morgan fingerprint density at radius 1 is 1.42 bits per heavy atom. The van der Waals surface area contributed by atoms with Crippen molar-refractivity contribution in [2.45, 2.75) is 26.3 Å². The van der Waals surface area contributed by atoms with Crippen LogP contribution in [0.4, 0.5) is 0 Å². The van der Waals surface area contributed by atoms with Gasteiger partial charge in [0.25, 0.3) is 0 Å². The van der Waals surface area contributed by atoms with E-state index in [4.69, 9.17) is 10.5 Å². The highest BCUT2D eigenvalue weighted by Gasteiger charge is 1.99. The molecule has 12 heavy (non-hydrogen) atoms. The molecule has 74 valence electrons. The summed E-state index contributed by atoms with van der Waals surface area (Å²) in [7, 11) is 2.10. The highest BCUT2D eigenvalue weighted by molar-refractivity contribution is 4.57. The maximum atomic E-state index is 5.64. The van der Waals surface area contributed by atoms with Crippen molar-refractivity contribution in [3.05, 3.63) is 0 Å². The molecule has 0 heterocycles. The predicted molar refractivity (Wildman–Crippen MR) is 52.3 cm³/mol. The lowest BCUT2D eigenvalue weighted by Gasteiger charge is -2.17. The molecule has 0 aromatic carbocycles. The van der Waals surface area contributed by atoms with Gasteiger partial charge < -0.3 is 15.4 Å². The molecular weight excluding hydrogens is 152 g/mol. The smallest absolute Gasteiger partial charge is 0.0593 e. The van der Waals surface area contributed by atoms with Gasteiger partial charge in [0.15, 0.2) is 0 Å². The minimum Gasteiger partial charge on any atom is -0.380 e. The van der Waals surface area contributed by atoms with E-state index in [1.807, 2.05) is 13.8 Å². The van der Waals surface area contributed by atoms with E-state index in [0.29, 0.717) is 6.04 Å². The van der Waals surface area contributed by atoms with Gasteiger partial charge in [-0.25, -0.2) is 0 Å². The molecule has 0 saturated carbocycles. The molecule has 3 heteroatoms. The van der Waals surface area contributed by atoms with E-state index in [1.165, 1.54) is 0 Å². The normalized spacial score (nSPS) is 13.8. The summed E-state index contributed by atoms with van der Waals surface area (Å²) in [5.41, 5.74) is 5.64. The van der Waals surface area contributed by atoms with Gasteiger partial charge in [-0.1, -0.05) is 0 Å². The Morgan fingerprint density at radius 2 is 2.08 bits per heavy atom. The van der Waals surface area contributed by atoms with Crippen LogP contribution in [0.3, 0.4) is 0 Å². The van der Waals surface area contributed by atoms with Gasteiger partial charge in [0.1, 0.15) is 0 Å². The van der Waals surface area contributed by atoms with Crippen LogP contribution >= 0.6 is 0 Å². The van der Waals surface area contributed by atoms with Crippen LogP contribution in [0.5, 0.6) is 0 Å². The van der Waals surface area contributed by atoms with Crippen LogP contribution in [0.15, 0.2) is 0 Å². The number of hydrogen-bond donors (Lipinski definition) is 1. The molecule has 0 radical (unpaired) electrons. The highest BCUT2D eigenvalue weighted by Crippen LogP contribution is 1.90. The summed E-state index contributed by atoms with van der Waals surface area (Å²) in [5, 5.41) is 0. The SMILES string of the molecule is CCOCCN(C)CCC(C)N. The number of nitrogens with zero attached hydrogens (tertiary/aromatic N) is 1. The zero-order chi connectivity index (χ0) is 9.40. The zero-order valence-electron chi connectivity index (χ0n) is 8.55. The van der Waals surface area contributed by atoms with Crippen LogP contribution in [-0.2, 0) is 4.74 Å². The number of ether oxygens (including phenoxy) is 1. The van der Waals surface area contributed by atoms with Crippen LogP contribution in [-0.4, -0.2) is 44.3 Å². The second kappa shape index (κ2) is 7.53. The van der Waals surface area contributed by atoms with Crippen molar-refractivity contribution in [1.29, 1.82) is 0 Å². The monoisotopic (exact) mass is 174 g/mol. The van der Waals surface area contributed by atoms with Crippen LogP contribution < -0.4 is 5.73 Å². The maximum Gasteiger partial charge on any atom is 0.0593 e. The average molecular weight is 174 g/mol. The van der Waals surface area contributed by atoms with E-state index in [0.717, 1.165) is 32.7 Å². The molecule has 1 atom stereocenters. The molecule has 3 nitrogen and oxygen atoms in total. The first-order valence-electron chi connectivity index (χ1n) is 4.68. The predicted octanol–water partition coefficient (Wildman–Crippen LogP) is 0.692. The third kappa shape index (κ3) is 7.98. The summed E-state index contributed by atoms with van der Waals surface area (Å²) in [6, 6.07) is 0.305.